The second kappa shape index (κ2) is 4.01. The second-order valence-corrected chi connectivity index (χ2v) is 5.15. The van der Waals surface area contributed by atoms with Gasteiger partial charge < -0.3 is 5.73 Å². The van der Waals surface area contributed by atoms with Crippen LogP contribution in [0.15, 0.2) is 11.4 Å². The lowest BCUT2D eigenvalue weighted by molar-refractivity contribution is 0.165. The number of hydrogen-bond donors (Lipinski definition) is 1. The molecule has 2 heterocycles. The molecule has 1 saturated heterocycles. The zero-order chi connectivity index (χ0) is 10.1. The molecule has 0 amide bonds. The van der Waals surface area contributed by atoms with Gasteiger partial charge >= 0.3 is 0 Å². The van der Waals surface area contributed by atoms with E-state index in [9.17, 15) is 0 Å². The Morgan fingerprint density at radius 3 is 2.93 bits per heavy atom. The van der Waals surface area contributed by atoms with Crippen LogP contribution in [0.3, 0.4) is 0 Å². The van der Waals surface area contributed by atoms with E-state index in [1.165, 1.54) is 23.4 Å². The summed E-state index contributed by atoms with van der Waals surface area (Å²) in [5.74, 6) is 0. The monoisotopic (exact) mass is 210 g/mol. The highest BCUT2D eigenvalue weighted by Gasteiger charge is 2.29. The quantitative estimate of drug-likeness (QED) is 0.769. The molecule has 0 radical (unpaired) electrons. The molecule has 1 fully saturated rings. The van der Waals surface area contributed by atoms with E-state index in [1.807, 2.05) is 11.3 Å². The maximum atomic E-state index is 6.19. The van der Waals surface area contributed by atoms with Crippen LogP contribution in [0.5, 0.6) is 0 Å². The van der Waals surface area contributed by atoms with E-state index in [2.05, 4.69) is 30.3 Å². The summed E-state index contributed by atoms with van der Waals surface area (Å²) in [4.78, 5) is 3.85. The van der Waals surface area contributed by atoms with Crippen molar-refractivity contribution in [1.29, 1.82) is 0 Å². The van der Waals surface area contributed by atoms with Crippen LogP contribution in [-0.2, 0) is 0 Å². The largest absolute Gasteiger partial charge is 0.326 e. The van der Waals surface area contributed by atoms with Crippen LogP contribution < -0.4 is 5.73 Å². The molecule has 0 bridgehead atoms. The minimum absolute atomic E-state index is 0.311. The van der Waals surface area contributed by atoms with Gasteiger partial charge in [-0.15, -0.1) is 11.3 Å². The van der Waals surface area contributed by atoms with Gasteiger partial charge in [0.15, 0.2) is 0 Å². The lowest BCUT2D eigenvalue weighted by Gasteiger charge is -2.37. The van der Waals surface area contributed by atoms with Crippen LogP contribution in [0.1, 0.15) is 29.3 Å². The van der Waals surface area contributed by atoms with Crippen molar-refractivity contribution in [2.45, 2.75) is 31.8 Å². The zero-order valence-corrected chi connectivity index (χ0v) is 9.68. The van der Waals surface area contributed by atoms with Gasteiger partial charge in [0.1, 0.15) is 0 Å². The third-order valence-electron chi connectivity index (χ3n) is 3.10. The minimum atomic E-state index is 0.311. The van der Waals surface area contributed by atoms with Crippen molar-refractivity contribution in [3.05, 3.63) is 21.9 Å². The first kappa shape index (κ1) is 10.1. The van der Waals surface area contributed by atoms with E-state index in [1.54, 1.807) is 0 Å². The minimum Gasteiger partial charge on any atom is -0.326 e. The lowest BCUT2D eigenvalue weighted by Crippen LogP contribution is -2.43. The molecule has 3 heteroatoms. The van der Waals surface area contributed by atoms with E-state index in [-0.39, 0.29) is 0 Å². The van der Waals surface area contributed by atoms with Crippen LogP contribution in [-0.4, -0.2) is 24.5 Å². The molecule has 2 nitrogen and oxygen atoms in total. The number of rotatable bonds is 1. The summed E-state index contributed by atoms with van der Waals surface area (Å²) in [6, 6.07) is 2.95. The normalized spacial score (nSPS) is 29.4. The summed E-state index contributed by atoms with van der Waals surface area (Å²) >= 11 is 1.84. The van der Waals surface area contributed by atoms with Crippen molar-refractivity contribution >= 4 is 11.3 Å². The Morgan fingerprint density at radius 2 is 2.36 bits per heavy atom. The summed E-state index contributed by atoms with van der Waals surface area (Å²) in [6.07, 6.45) is 2.39. The van der Waals surface area contributed by atoms with Crippen molar-refractivity contribution in [2.75, 3.05) is 13.6 Å². The summed E-state index contributed by atoms with van der Waals surface area (Å²) < 4.78 is 0. The van der Waals surface area contributed by atoms with Gasteiger partial charge in [-0.3, -0.25) is 4.90 Å². The molecule has 0 saturated carbocycles. The van der Waals surface area contributed by atoms with Gasteiger partial charge in [0.2, 0.25) is 0 Å². The molecule has 2 rings (SSSR count). The van der Waals surface area contributed by atoms with E-state index in [0.29, 0.717) is 12.1 Å². The smallest absolute Gasteiger partial charge is 0.0593 e. The number of aryl methyl sites for hydroxylation is 1. The second-order valence-electron chi connectivity index (χ2n) is 4.20. The van der Waals surface area contributed by atoms with Crippen LogP contribution in [0.4, 0.5) is 0 Å². The Balaban J connectivity index is 2.26. The number of piperidine rings is 1. The summed E-state index contributed by atoms with van der Waals surface area (Å²) in [5, 5.41) is 2.17. The van der Waals surface area contributed by atoms with Crippen LogP contribution in [0.2, 0.25) is 0 Å². The first-order valence-electron chi connectivity index (χ1n) is 5.20. The molecule has 1 aliphatic heterocycles. The van der Waals surface area contributed by atoms with Gasteiger partial charge in [0.05, 0.1) is 6.04 Å². The van der Waals surface area contributed by atoms with Gasteiger partial charge in [-0.1, -0.05) is 0 Å². The number of nitrogens with zero attached hydrogens (tertiary/aromatic N) is 1. The Labute approximate surface area is 89.7 Å². The van der Waals surface area contributed by atoms with Crippen molar-refractivity contribution < 1.29 is 0 Å². The standard InChI is InChI=1S/C11H18N2S/c1-8-5-7-14-11(8)10-9(12)4-3-6-13(10)2/h5,7,9-10H,3-4,6,12H2,1-2H3. The molecule has 14 heavy (non-hydrogen) atoms. The van der Waals surface area contributed by atoms with Gasteiger partial charge in [-0.25, -0.2) is 0 Å². The molecule has 1 aromatic rings. The van der Waals surface area contributed by atoms with E-state index < -0.39 is 0 Å². The van der Waals surface area contributed by atoms with Gasteiger partial charge in [0, 0.05) is 10.9 Å². The van der Waals surface area contributed by atoms with Crippen molar-refractivity contribution in [3.8, 4) is 0 Å². The molecular weight excluding hydrogens is 192 g/mol. The Bertz CT molecular complexity index is 298. The molecule has 0 aromatic carbocycles. The maximum absolute atomic E-state index is 6.19. The Morgan fingerprint density at radius 1 is 1.57 bits per heavy atom. The van der Waals surface area contributed by atoms with Crippen LogP contribution in [0.25, 0.3) is 0 Å². The summed E-state index contributed by atoms with van der Waals surface area (Å²) in [6.45, 7) is 3.36. The molecule has 1 aliphatic rings. The van der Waals surface area contributed by atoms with Gasteiger partial charge in [-0.2, -0.15) is 0 Å². The average molecular weight is 210 g/mol. The van der Waals surface area contributed by atoms with Crippen molar-refractivity contribution in [2.24, 2.45) is 5.73 Å². The molecule has 78 valence electrons. The van der Waals surface area contributed by atoms with E-state index in [0.717, 1.165) is 6.42 Å². The molecule has 2 N–H and O–H groups in total. The molecule has 2 unspecified atom stereocenters. The number of thiophene rings is 1. The zero-order valence-electron chi connectivity index (χ0n) is 8.86. The molecule has 1 aromatic heterocycles. The highest BCUT2D eigenvalue weighted by atomic mass is 32.1. The number of likely N-dealkylation sites (N-methyl/N-ethyl adjacent to an activating group) is 1. The van der Waals surface area contributed by atoms with Crippen LogP contribution >= 0.6 is 11.3 Å². The fraction of sp³-hybridized carbons (Fsp3) is 0.636. The molecular formula is C11H18N2S. The fourth-order valence-corrected chi connectivity index (χ4v) is 3.45. The highest BCUT2D eigenvalue weighted by Crippen LogP contribution is 2.33. The first-order valence-corrected chi connectivity index (χ1v) is 6.08. The molecule has 0 aliphatic carbocycles. The highest BCUT2D eigenvalue weighted by molar-refractivity contribution is 7.10. The van der Waals surface area contributed by atoms with E-state index in [4.69, 9.17) is 5.73 Å². The summed E-state index contributed by atoms with van der Waals surface area (Å²) in [7, 11) is 2.18. The fourth-order valence-electron chi connectivity index (χ4n) is 2.28. The number of hydrogen-bond acceptors (Lipinski definition) is 3. The van der Waals surface area contributed by atoms with Gasteiger partial charge in [0.25, 0.3) is 0 Å². The predicted molar refractivity (Wildman–Crippen MR) is 61.6 cm³/mol. The first-order chi connectivity index (χ1) is 6.70. The third kappa shape index (κ3) is 1.72. The van der Waals surface area contributed by atoms with Crippen LogP contribution in [0, 0.1) is 6.92 Å². The molecule has 0 spiro atoms. The van der Waals surface area contributed by atoms with Crippen molar-refractivity contribution in [1.82, 2.24) is 4.90 Å². The third-order valence-corrected chi connectivity index (χ3v) is 4.19. The SMILES string of the molecule is Cc1ccsc1C1C(N)CCCN1C. The Kier molecular flexibility index (Phi) is 2.91. The predicted octanol–water partition coefficient (Wildman–Crippen LogP) is 2.15. The summed E-state index contributed by atoms with van der Waals surface area (Å²) in [5.41, 5.74) is 7.59. The van der Waals surface area contributed by atoms with E-state index >= 15 is 0 Å². The number of nitrogens with two attached hydrogens (primary N) is 1. The lowest BCUT2D eigenvalue weighted by atomic mass is 9.95. The maximum Gasteiger partial charge on any atom is 0.0593 e. The topological polar surface area (TPSA) is 29.3 Å². The molecule has 2 atom stereocenters. The van der Waals surface area contributed by atoms with Gasteiger partial charge in [-0.05, 0) is 50.4 Å². The average Bonchev–Trinajstić information content (AvgIpc) is 2.52. The number of likely N-dealkylation sites (tertiary alicyclic amines) is 1. The Hall–Kier alpha value is -0.380. The van der Waals surface area contributed by atoms with Crippen molar-refractivity contribution in [3.63, 3.8) is 0 Å².